The van der Waals surface area contributed by atoms with E-state index in [1.165, 1.54) is 13.0 Å². The summed E-state index contributed by atoms with van der Waals surface area (Å²) in [5, 5.41) is 0. The van der Waals surface area contributed by atoms with Crippen LogP contribution in [0, 0.1) is 18.6 Å². The third-order valence-electron chi connectivity index (χ3n) is 1.71. The lowest BCUT2D eigenvalue weighted by atomic mass is 10.1. The average molecular weight is 249 g/mol. The van der Waals surface area contributed by atoms with Crippen molar-refractivity contribution in [1.29, 1.82) is 0 Å². The van der Waals surface area contributed by atoms with E-state index in [-0.39, 0.29) is 5.56 Å². The summed E-state index contributed by atoms with van der Waals surface area (Å²) in [7, 11) is 0. The molecule has 0 N–H and O–H groups in total. The number of carbonyl (C=O) groups excluding carboxylic acids is 1. The van der Waals surface area contributed by atoms with Crippen LogP contribution in [0.3, 0.4) is 0 Å². The molecule has 0 saturated heterocycles. The van der Waals surface area contributed by atoms with Crippen molar-refractivity contribution < 1.29 is 13.6 Å². The van der Waals surface area contributed by atoms with Crippen LogP contribution in [0.5, 0.6) is 0 Å². The lowest BCUT2D eigenvalue weighted by Gasteiger charge is -2.07. The maximum Gasteiger partial charge on any atom is 0.138 e. The molecule has 1 atom stereocenters. The number of aldehydes is 1. The second-order valence-corrected chi connectivity index (χ2v) is 3.62. The number of halogens is 3. The van der Waals surface area contributed by atoms with Gasteiger partial charge in [-0.2, -0.15) is 0 Å². The molecule has 0 aliphatic heterocycles. The molecule has 4 heteroatoms. The zero-order valence-electron chi connectivity index (χ0n) is 6.85. The fourth-order valence-electron chi connectivity index (χ4n) is 0.999. The molecule has 0 aromatic heterocycles. The molecule has 0 unspecified atom stereocenters. The Balaban J connectivity index is 3.32. The molecule has 1 nitrogen and oxygen atoms in total. The fourth-order valence-corrected chi connectivity index (χ4v) is 1.42. The van der Waals surface area contributed by atoms with Crippen LogP contribution < -0.4 is 0 Å². The molecular formula is C9H7BrF2O. The largest absolute Gasteiger partial charge is 0.302 e. The summed E-state index contributed by atoms with van der Waals surface area (Å²) in [6, 6.07) is 2.48. The Morgan fingerprint density at radius 3 is 2.62 bits per heavy atom. The molecule has 0 saturated carbocycles. The Kier molecular flexibility index (Phi) is 3.14. The van der Waals surface area contributed by atoms with E-state index >= 15 is 0 Å². The summed E-state index contributed by atoms with van der Waals surface area (Å²) < 4.78 is 26.3. The summed E-state index contributed by atoms with van der Waals surface area (Å²) in [5.41, 5.74) is 0.0951. The van der Waals surface area contributed by atoms with E-state index in [0.29, 0.717) is 11.8 Å². The number of aryl methyl sites for hydroxylation is 1. The van der Waals surface area contributed by atoms with Crippen molar-refractivity contribution in [2.24, 2.45) is 0 Å². The van der Waals surface area contributed by atoms with Crippen molar-refractivity contribution in [1.82, 2.24) is 0 Å². The van der Waals surface area contributed by atoms with E-state index < -0.39 is 16.5 Å². The number of hydrogen-bond acceptors (Lipinski definition) is 1. The van der Waals surface area contributed by atoms with Gasteiger partial charge in [0.05, 0.1) is 0 Å². The Labute approximate surface area is 82.9 Å². The zero-order chi connectivity index (χ0) is 10.0. The van der Waals surface area contributed by atoms with Gasteiger partial charge in [0, 0.05) is 5.56 Å². The van der Waals surface area contributed by atoms with Crippen LogP contribution in [0.25, 0.3) is 0 Å². The quantitative estimate of drug-likeness (QED) is 0.581. The molecule has 0 aliphatic carbocycles. The normalized spacial score (nSPS) is 12.6. The maximum atomic E-state index is 13.3. The van der Waals surface area contributed by atoms with Crippen molar-refractivity contribution in [3.63, 3.8) is 0 Å². The van der Waals surface area contributed by atoms with E-state index in [2.05, 4.69) is 15.9 Å². The number of benzene rings is 1. The van der Waals surface area contributed by atoms with E-state index in [1.54, 1.807) is 0 Å². The summed E-state index contributed by atoms with van der Waals surface area (Å²) in [6.45, 7) is 1.52. The van der Waals surface area contributed by atoms with Crippen LogP contribution in [-0.2, 0) is 4.79 Å². The predicted molar refractivity (Wildman–Crippen MR) is 48.8 cm³/mol. The highest BCUT2D eigenvalue weighted by Gasteiger charge is 2.18. The Bertz CT molecular complexity index is 339. The van der Waals surface area contributed by atoms with Gasteiger partial charge in [-0.05, 0) is 18.6 Å². The van der Waals surface area contributed by atoms with Crippen LogP contribution in [-0.4, -0.2) is 6.29 Å². The first-order chi connectivity index (χ1) is 6.07. The van der Waals surface area contributed by atoms with Gasteiger partial charge < -0.3 is 4.79 Å². The lowest BCUT2D eigenvalue weighted by molar-refractivity contribution is -0.107. The van der Waals surface area contributed by atoms with Crippen molar-refractivity contribution in [2.45, 2.75) is 11.8 Å². The first-order valence-corrected chi connectivity index (χ1v) is 4.53. The monoisotopic (exact) mass is 248 g/mol. The van der Waals surface area contributed by atoms with Crippen molar-refractivity contribution in [3.8, 4) is 0 Å². The van der Waals surface area contributed by atoms with E-state index in [0.717, 1.165) is 6.07 Å². The molecule has 70 valence electrons. The van der Waals surface area contributed by atoms with Crippen molar-refractivity contribution >= 4 is 22.2 Å². The SMILES string of the molecule is Cc1ccc(F)c([C@H](Br)C=O)c1F. The third-order valence-corrected chi connectivity index (χ3v) is 2.39. The van der Waals surface area contributed by atoms with Crippen molar-refractivity contribution in [3.05, 3.63) is 34.9 Å². The number of alkyl halides is 1. The number of carbonyl (C=O) groups is 1. The van der Waals surface area contributed by atoms with Gasteiger partial charge in [-0.15, -0.1) is 0 Å². The van der Waals surface area contributed by atoms with E-state index in [9.17, 15) is 13.6 Å². The highest BCUT2D eigenvalue weighted by molar-refractivity contribution is 9.09. The van der Waals surface area contributed by atoms with Crippen LogP contribution in [0.1, 0.15) is 16.0 Å². The van der Waals surface area contributed by atoms with Gasteiger partial charge >= 0.3 is 0 Å². The first kappa shape index (κ1) is 10.3. The molecule has 13 heavy (non-hydrogen) atoms. The predicted octanol–water partition coefficient (Wildman–Crippen LogP) is 2.91. The molecule has 0 aliphatic rings. The molecule has 0 radical (unpaired) electrons. The van der Waals surface area contributed by atoms with Crippen molar-refractivity contribution in [2.75, 3.05) is 0 Å². The molecule has 0 amide bonds. The first-order valence-electron chi connectivity index (χ1n) is 3.61. The molecule has 1 rings (SSSR count). The summed E-state index contributed by atoms with van der Waals surface area (Å²) in [5.74, 6) is -1.38. The van der Waals surface area contributed by atoms with Gasteiger partial charge in [0.15, 0.2) is 0 Å². The Morgan fingerprint density at radius 1 is 1.46 bits per heavy atom. The standard InChI is InChI=1S/C9H7BrF2O/c1-5-2-3-7(11)8(9(5)12)6(10)4-13/h2-4,6H,1H3/t6-/m1/s1. The topological polar surface area (TPSA) is 17.1 Å². The molecule has 1 aromatic rings. The van der Waals surface area contributed by atoms with E-state index in [4.69, 9.17) is 0 Å². The molecule has 0 spiro atoms. The minimum atomic E-state index is -0.924. The Morgan fingerprint density at radius 2 is 2.08 bits per heavy atom. The van der Waals surface area contributed by atoms with Gasteiger partial charge in [-0.1, -0.05) is 22.0 Å². The van der Waals surface area contributed by atoms with Crippen LogP contribution >= 0.6 is 15.9 Å². The fraction of sp³-hybridized carbons (Fsp3) is 0.222. The highest BCUT2D eigenvalue weighted by Crippen LogP contribution is 2.27. The second-order valence-electron chi connectivity index (χ2n) is 2.63. The van der Waals surface area contributed by atoms with Gasteiger partial charge in [0.2, 0.25) is 0 Å². The average Bonchev–Trinajstić information content (AvgIpc) is 2.12. The van der Waals surface area contributed by atoms with Gasteiger partial charge in [-0.3, -0.25) is 0 Å². The molecule has 0 heterocycles. The molecular weight excluding hydrogens is 242 g/mol. The van der Waals surface area contributed by atoms with Crippen LogP contribution in [0.15, 0.2) is 12.1 Å². The van der Waals surface area contributed by atoms with E-state index in [1.807, 2.05) is 0 Å². The maximum absolute atomic E-state index is 13.3. The van der Waals surface area contributed by atoms with Gasteiger partial charge in [-0.25, -0.2) is 8.78 Å². The minimum Gasteiger partial charge on any atom is -0.302 e. The molecule has 1 aromatic carbocycles. The third kappa shape index (κ3) is 1.94. The highest BCUT2D eigenvalue weighted by atomic mass is 79.9. The zero-order valence-corrected chi connectivity index (χ0v) is 8.44. The molecule has 0 bridgehead atoms. The second kappa shape index (κ2) is 3.96. The summed E-state index contributed by atoms with van der Waals surface area (Å²) in [4.78, 5) is 9.42. The summed E-state index contributed by atoms with van der Waals surface area (Å²) in [6.07, 6.45) is 0.445. The number of hydrogen-bond donors (Lipinski definition) is 0. The smallest absolute Gasteiger partial charge is 0.138 e. The minimum absolute atomic E-state index is 0.227. The van der Waals surface area contributed by atoms with Gasteiger partial charge in [0.25, 0.3) is 0 Å². The molecule has 0 fully saturated rings. The lowest BCUT2D eigenvalue weighted by Crippen LogP contribution is -2.01. The van der Waals surface area contributed by atoms with Crippen LogP contribution in [0.2, 0.25) is 0 Å². The Hall–Kier alpha value is -0.770. The van der Waals surface area contributed by atoms with Gasteiger partial charge in [0.1, 0.15) is 22.7 Å². The number of rotatable bonds is 2. The summed E-state index contributed by atoms with van der Waals surface area (Å²) >= 11 is 2.87. The van der Waals surface area contributed by atoms with Crippen LogP contribution in [0.4, 0.5) is 8.78 Å².